The van der Waals surface area contributed by atoms with Crippen LogP contribution in [-0.4, -0.2) is 9.13 Å². The second-order valence-electron chi connectivity index (χ2n) is 15.5. The van der Waals surface area contributed by atoms with Gasteiger partial charge >= 0.3 is 12.4 Å². The molecule has 0 radical (unpaired) electrons. The molecule has 0 atom stereocenters. The van der Waals surface area contributed by atoms with Gasteiger partial charge in [-0.15, -0.1) is 0 Å². The maximum absolute atomic E-state index is 14.9. The van der Waals surface area contributed by atoms with Gasteiger partial charge in [-0.3, -0.25) is 0 Å². The summed E-state index contributed by atoms with van der Waals surface area (Å²) in [6.45, 7) is 12.5. The summed E-state index contributed by atoms with van der Waals surface area (Å²) in [4.78, 5) is 3.77. The number of aryl methyl sites for hydroxylation is 2. The number of alkyl halides is 6. The molecule has 0 spiro atoms. The standard InChI is InChI=1S/C53H33F6N3/c1-31-12-4-6-14-36(31)33-20-24-48-42(26-33)39-16-8-10-18-46(39)61(48)50-29-41(38-23-22-35(52(54,55)56)28-44(38)53(57,58)59)45(60-3)30-51(50)62-47-19-11-9-17-40(47)43-27-34(21-25-49(43)62)37-15-7-5-13-32(37)2/h4-30H,1-2H3. The van der Waals surface area contributed by atoms with E-state index in [4.69, 9.17) is 6.57 Å². The maximum atomic E-state index is 14.9. The first kappa shape index (κ1) is 38.6. The zero-order valence-corrected chi connectivity index (χ0v) is 33.2. The Kier molecular flexibility index (Phi) is 8.89. The summed E-state index contributed by atoms with van der Waals surface area (Å²) < 4.78 is 90.5. The van der Waals surface area contributed by atoms with Crippen molar-refractivity contribution in [1.82, 2.24) is 9.13 Å². The zero-order valence-electron chi connectivity index (χ0n) is 33.2. The van der Waals surface area contributed by atoms with Crippen LogP contribution in [-0.2, 0) is 12.4 Å². The van der Waals surface area contributed by atoms with E-state index in [1.54, 1.807) is 6.07 Å². The van der Waals surface area contributed by atoms with E-state index in [0.29, 0.717) is 17.4 Å². The summed E-state index contributed by atoms with van der Waals surface area (Å²) in [5.41, 5.74) is 6.56. The highest BCUT2D eigenvalue weighted by Gasteiger charge is 2.39. The molecule has 3 nitrogen and oxygen atoms in total. The Morgan fingerprint density at radius 1 is 0.419 bits per heavy atom. The van der Waals surface area contributed by atoms with Gasteiger partial charge in [-0.25, -0.2) is 4.85 Å². The monoisotopic (exact) mass is 825 g/mol. The highest BCUT2D eigenvalue weighted by molar-refractivity contribution is 6.13. The van der Waals surface area contributed by atoms with Crippen molar-refractivity contribution in [3.05, 3.63) is 197 Å². The lowest BCUT2D eigenvalue weighted by atomic mass is 9.94. The Bertz CT molecular complexity index is 3490. The van der Waals surface area contributed by atoms with Crippen molar-refractivity contribution < 1.29 is 26.3 Å². The third kappa shape index (κ3) is 6.21. The lowest BCUT2D eigenvalue weighted by Crippen LogP contribution is -2.12. The average molecular weight is 826 g/mol. The highest BCUT2D eigenvalue weighted by atomic mass is 19.4. The normalized spacial score (nSPS) is 12.2. The number of hydrogen-bond donors (Lipinski definition) is 0. The Hall–Kier alpha value is -7.57. The molecule has 0 aliphatic heterocycles. The highest BCUT2D eigenvalue weighted by Crippen LogP contribution is 2.48. The second-order valence-corrected chi connectivity index (χ2v) is 15.5. The average Bonchev–Trinajstić information content (AvgIpc) is 3.77. The van der Waals surface area contributed by atoms with Gasteiger partial charge in [0.25, 0.3) is 0 Å². The van der Waals surface area contributed by atoms with E-state index in [1.807, 2.05) is 119 Å². The quantitative estimate of drug-likeness (QED) is 0.121. The first-order chi connectivity index (χ1) is 29.8. The molecule has 302 valence electrons. The number of para-hydroxylation sites is 2. The van der Waals surface area contributed by atoms with Crippen LogP contribution >= 0.6 is 0 Å². The molecule has 0 saturated heterocycles. The lowest BCUT2D eigenvalue weighted by molar-refractivity contribution is -0.142. The summed E-state index contributed by atoms with van der Waals surface area (Å²) in [7, 11) is 0. The zero-order chi connectivity index (χ0) is 43.1. The van der Waals surface area contributed by atoms with Crippen LogP contribution in [0.4, 0.5) is 32.0 Å². The molecule has 0 unspecified atom stereocenters. The van der Waals surface area contributed by atoms with Crippen LogP contribution < -0.4 is 0 Å². The van der Waals surface area contributed by atoms with Crippen LogP contribution in [0.5, 0.6) is 0 Å². The van der Waals surface area contributed by atoms with Gasteiger partial charge in [0.2, 0.25) is 0 Å². The molecule has 0 amide bonds. The van der Waals surface area contributed by atoms with E-state index in [1.165, 1.54) is 6.07 Å². The number of halogens is 6. The van der Waals surface area contributed by atoms with Crippen molar-refractivity contribution in [2.45, 2.75) is 26.2 Å². The molecule has 10 aromatic rings. The molecule has 8 aromatic carbocycles. The minimum Gasteiger partial charge on any atom is -0.308 e. The van der Waals surface area contributed by atoms with Crippen molar-refractivity contribution in [2.75, 3.05) is 0 Å². The fraction of sp³-hybridized carbons (Fsp3) is 0.0755. The van der Waals surface area contributed by atoms with E-state index in [9.17, 15) is 26.3 Å². The lowest BCUT2D eigenvalue weighted by Gasteiger charge is -2.22. The minimum absolute atomic E-state index is 0.128. The first-order valence-corrected chi connectivity index (χ1v) is 19.9. The fourth-order valence-electron chi connectivity index (χ4n) is 9.02. The molecule has 9 heteroatoms. The van der Waals surface area contributed by atoms with Gasteiger partial charge < -0.3 is 9.13 Å². The van der Waals surface area contributed by atoms with Crippen LogP contribution in [0.2, 0.25) is 0 Å². The number of rotatable bonds is 5. The molecule has 0 aliphatic carbocycles. The van der Waals surface area contributed by atoms with E-state index < -0.39 is 29.0 Å². The first-order valence-electron chi connectivity index (χ1n) is 19.9. The molecule has 0 saturated carbocycles. The molecule has 0 fully saturated rings. The minimum atomic E-state index is -5.17. The number of benzene rings is 8. The van der Waals surface area contributed by atoms with Crippen molar-refractivity contribution in [2.24, 2.45) is 0 Å². The Labute approximate surface area is 352 Å². The van der Waals surface area contributed by atoms with Crippen molar-refractivity contribution in [3.8, 4) is 44.8 Å². The second kappa shape index (κ2) is 14.3. The van der Waals surface area contributed by atoms with Crippen molar-refractivity contribution >= 4 is 49.3 Å². The summed E-state index contributed by atoms with van der Waals surface area (Å²) in [5, 5.41) is 3.62. The molecule has 62 heavy (non-hydrogen) atoms. The van der Waals surface area contributed by atoms with Crippen LogP contribution in [0.15, 0.2) is 164 Å². The summed E-state index contributed by atoms with van der Waals surface area (Å²) in [5.74, 6) is 0. The van der Waals surface area contributed by atoms with Crippen LogP contribution in [0, 0.1) is 20.4 Å². The van der Waals surface area contributed by atoms with E-state index >= 15 is 0 Å². The molecule has 2 aromatic heterocycles. The number of fused-ring (bicyclic) bond motifs is 6. The van der Waals surface area contributed by atoms with Gasteiger partial charge in [-0.05, 0) is 119 Å². The SMILES string of the molecule is [C-]#[N+]c1cc(-n2c3ccccc3c3cc(-c4ccccc4C)ccc32)c(-n2c3ccccc3c3cc(-c4ccccc4C)ccc32)cc1-c1ccc(C(F)(F)F)cc1C(F)(F)F. The number of nitrogens with zero attached hydrogens (tertiary/aromatic N) is 3. The summed E-state index contributed by atoms with van der Waals surface area (Å²) >= 11 is 0. The molecule has 10 rings (SSSR count). The Morgan fingerprint density at radius 2 is 0.887 bits per heavy atom. The third-order valence-electron chi connectivity index (χ3n) is 11.9. The van der Waals surface area contributed by atoms with Crippen molar-refractivity contribution in [3.63, 3.8) is 0 Å². The topological polar surface area (TPSA) is 14.2 Å². The Balaban J connectivity index is 1.34. The van der Waals surface area contributed by atoms with Crippen LogP contribution in [0.25, 0.3) is 93.2 Å². The summed E-state index contributed by atoms with van der Waals surface area (Å²) in [6, 6.07) is 48.7. The Morgan fingerprint density at radius 3 is 1.37 bits per heavy atom. The number of aromatic nitrogens is 2. The molecular weight excluding hydrogens is 793 g/mol. The van der Waals surface area contributed by atoms with E-state index in [-0.39, 0.29) is 17.3 Å². The van der Waals surface area contributed by atoms with Gasteiger partial charge in [-0.1, -0.05) is 103 Å². The maximum Gasteiger partial charge on any atom is 0.416 e. The van der Waals surface area contributed by atoms with Gasteiger partial charge in [-0.2, -0.15) is 26.3 Å². The van der Waals surface area contributed by atoms with Crippen LogP contribution in [0.3, 0.4) is 0 Å². The molecule has 0 bridgehead atoms. The molecule has 2 heterocycles. The predicted molar refractivity (Wildman–Crippen MR) is 237 cm³/mol. The smallest absolute Gasteiger partial charge is 0.308 e. The van der Waals surface area contributed by atoms with E-state index in [2.05, 4.69) is 42.1 Å². The third-order valence-corrected chi connectivity index (χ3v) is 11.9. The van der Waals surface area contributed by atoms with Crippen LogP contribution in [0.1, 0.15) is 22.3 Å². The van der Waals surface area contributed by atoms with E-state index in [0.717, 1.165) is 83.1 Å². The van der Waals surface area contributed by atoms with Gasteiger partial charge in [0.05, 0.1) is 51.1 Å². The molecule has 0 N–H and O–H groups in total. The van der Waals surface area contributed by atoms with Gasteiger partial charge in [0.15, 0.2) is 5.69 Å². The fourth-order valence-corrected chi connectivity index (χ4v) is 9.02. The van der Waals surface area contributed by atoms with Crippen molar-refractivity contribution in [1.29, 1.82) is 0 Å². The molecular formula is C53H33F6N3. The molecule has 0 aliphatic rings. The van der Waals surface area contributed by atoms with Gasteiger partial charge in [0, 0.05) is 21.5 Å². The van der Waals surface area contributed by atoms with Gasteiger partial charge in [0.1, 0.15) is 0 Å². The largest absolute Gasteiger partial charge is 0.416 e. The predicted octanol–water partition coefficient (Wildman–Crippen LogP) is 16.1. The number of hydrogen-bond acceptors (Lipinski definition) is 0. The summed E-state index contributed by atoms with van der Waals surface area (Å²) in [6.07, 6.45) is -10.2.